The van der Waals surface area contributed by atoms with E-state index in [0.29, 0.717) is 18.7 Å². The van der Waals surface area contributed by atoms with Crippen molar-refractivity contribution in [2.24, 2.45) is 0 Å². The van der Waals surface area contributed by atoms with Gasteiger partial charge in [0.1, 0.15) is 11.9 Å². The minimum Gasteiger partial charge on any atom is -0.489 e. The molecule has 0 radical (unpaired) electrons. The predicted octanol–water partition coefficient (Wildman–Crippen LogP) is 2.82. The molecule has 0 aliphatic carbocycles. The third kappa shape index (κ3) is 3.90. The van der Waals surface area contributed by atoms with Gasteiger partial charge in [-0.1, -0.05) is 30.3 Å². The molecule has 1 fully saturated rings. The molecule has 2 aromatic rings. The zero-order chi connectivity index (χ0) is 16.9. The minimum atomic E-state index is -0.451. The van der Waals surface area contributed by atoms with Crippen molar-refractivity contribution < 1.29 is 14.5 Å². The van der Waals surface area contributed by atoms with Crippen LogP contribution in [0.5, 0.6) is 5.75 Å². The van der Waals surface area contributed by atoms with Gasteiger partial charge in [0.05, 0.1) is 17.9 Å². The molecule has 1 unspecified atom stereocenters. The van der Waals surface area contributed by atoms with Gasteiger partial charge in [0.2, 0.25) is 5.91 Å². The van der Waals surface area contributed by atoms with Gasteiger partial charge in [-0.2, -0.15) is 0 Å². The Kier molecular flexibility index (Phi) is 4.74. The number of carbonyl (C=O) groups is 1. The Morgan fingerprint density at radius 3 is 2.75 bits per heavy atom. The van der Waals surface area contributed by atoms with Crippen molar-refractivity contribution in [3.63, 3.8) is 0 Å². The molecule has 0 N–H and O–H groups in total. The largest absolute Gasteiger partial charge is 0.489 e. The van der Waals surface area contributed by atoms with E-state index in [1.54, 1.807) is 17.0 Å². The number of nitro groups is 1. The fourth-order valence-corrected chi connectivity index (χ4v) is 2.81. The van der Waals surface area contributed by atoms with Crippen molar-refractivity contribution in [3.8, 4) is 5.75 Å². The van der Waals surface area contributed by atoms with Crippen LogP contribution in [0.25, 0.3) is 0 Å². The zero-order valence-corrected chi connectivity index (χ0v) is 13.1. The summed E-state index contributed by atoms with van der Waals surface area (Å²) in [5.41, 5.74) is 0.661. The van der Waals surface area contributed by atoms with E-state index in [2.05, 4.69) is 0 Å². The summed E-state index contributed by atoms with van der Waals surface area (Å²) in [4.78, 5) is 24.5. The maximum Gasteiger partial charge on any atom is 0.269 e. The van der Waals surface area contributed by atoms with E-state index < -0.39 is 4.92 Å². The van der Waals surface area contributed by atoms with Gasteiger partial charge in [-0.3, -0.25) is 14.9 Å². The number of carbonyl (C=O) groups excluding carboxylic acids is 1. The standard InChI is InChI=1S/C18H18N2O4/c21-18(12-14-5-4-6-15(11-14)20(22)23)19-10-9-17(13-19)24-16-7-2-1-3-8-16/h1-8,11,17H,9-10,12-13H2. The number of nitro benzene ring substituents is 1. The van der Waals surface area contributed by atoms with E-state index in [0.717, 1.165) is 12.2 Å². The molecule has 124 valence electrons. The van der Waals surface area contributed by atoms with Crippen LogP contribution in [-0.2, 0) is 11.2 Å². The number of para-hydroxylation sites is 1. The lowest BCUT2D eigenvalue weighted by Gasteiger charge is -2.17. The second-order valence-corrected chi connectivity index (χ2v) is 5.79. The number of rotatable bonds is 5. The van der Waals surface area contributed by atoms with Gasteiger partial charge in [-0.15, -0.1) is 0 Å². The molecule has 6 nitrogen and oxygen atoms in total. The minimum absolute atomic E-state index is 0.00649. The number of benzene rings is 2. The topological polar surface area (TPSA) is 72.7 Å². The van der Waals surface area contributed by atoms with E-state index in [9.17, 15) is 14.9 Å². The van der Waals surface area contributed by atoms with Crippen LogP contribution >= 0.6 is 0 Å². The second kappa shape index (κ2) is 7.12. The first kappa shape index (κ1) is 16.0. The highest BCUT2D eigenvalue weighted by Gasteiger charge is 2.27. The Labute approximate surface area is 139 Å². The normalized spacial score (nSPS) is 16.8. The second-order valence-electron chi connectivity index (χ2n) is 5.79. The first-order valence-electron chi connectivity index (χ1n) is 7.84. The van der Waals surface area contributed by atoms with Gasteiger partial charge in [-0.25, -0.2) is 0 Å². The molecular formula is C18H18N2O4. The van der Waals surface area contributed by atoms with Crippen molar-refractivity contribution in [1.82, 2.24) is 4.90 Å². The average molecular weight is 326 g/mol. The first-order chi connectivity index (χ1) is 11.6. The summed E-state index contributed by atoms with van der Waals surface area (Å²) in [6.07, 6.45) is 0.941. The molecular weight excluding hydrogens is 308 g/mol. The molecule has 1 amide bonds. The molecule has 24 heavy (non-hydrogen) atoms. The summed E-state index contributed by atoms with van der Waals surface area (Å²) in [6, 6.07) is 15.8. The Hall–Kier alpha value is -2.89. The number of likely N-dealkylation sites (tertiary alicyclic amines) is 1. The first-order valence-corrected chi connectivity index (χ1v) is 7.84. The molecule has 0 spiro atoms. The molecule has 1 atom stereocenters. The number of hydrogen-bond donors (Lipinski definition) is 0. The Morgan fingerprint density at radius 2 is 2.00 bits per heavy atom. The van der Waals surface area contributed by atoms with Crippen LogP contribution in [0.1, 0.15) is 12.0 Å². The quantitative estimate of drug-likeness (QED) is 0.625. The van der Waals surface area contributed by atoms with E-state index in [4.69, 9.17) is 4.74 Å². The van der Waals surface area contributed by atoms with Gasteiger partial charge in [0, 0.05) is 25.1 Å². The molecule has 2 aromatic carbocycles. The molecule has 0 bridgehead atoms. The van der Waals surface area contributed by atoms with Crippen LogP contribution in [-0.4, -0.2) is 34.9 Å². The van der Waals surface area contributed by atoms with Gasteiger partial charge < -0.3 is 9.64 Å². The van der Waals surface area contributed by atoms with Gasteiger partial charge in [0.25, 0.3) is 5.69 Å². The monoisotopic (exact) mass is 326 g/mol. The Morgan fingerprint density at radius 1 is 1.21 bits per heavy atom. The maximum atomic E-state index is 12.4. The van der Waals surface area contributed by atoms with E-state index in [-0.39, 0.29) is 24.1 Å². The molecule has 6 heteroatoms. The smallest absolute Gasteiger partial charge is 0.269 e. The van der Waals surface area contributed by atoms with Gasteiger partial charge in [0.15, 0.2) is 0 Å². The van der Waals surface area contributed by atoms with E-state index in [1.807, 2.05) is 30.3 Å². The highest BCUT2D eigenvalue weighted by atomic mass is 16.6. The molecule has 0 saturated carbocycles. The van der Waals surface area contributed by atoms with Gasteiger partial charge in [-0.05, 0) is 17.7 Å². The number of nitrogens with zero attached hydrogens (tertiary/aromatic N) is 2. The maximum absolute atomic E-state index is 12.4. The highest BCUT2D eigenvalue weighted by molar-refractivity contribution is 5.79. The van der Waals surface area contributed by atoms with Crippen molar-refractivity contribution in [1.29, 1.82) is 0 Å². The van der Waals surface area contributed by atoms with Crippen LogP contribution in [0.3, 0.4) is 0 Å². The van der Waals surface area contributed by atoms with Crippen LogP contribution in [0, 0.1) is 10.1 Å². The summed E-state index contributed by atoms with van der Waals surface area (Å²) in [6.45, 7) is 1.19. The van der Waals surface area contributed by atoms with Crippen molar-refractivity contribution in [2.75, 3.05) is 13.1 Å². The van der Waals surface area contributed by atoms with Crippen LogP contribution < -0.4 is 4.74 Å². The predicted molar refractivity (Wildman–Crippen MR) is 88.9 cm³/mol. The third-order valence-corrected chi connectivity index (χ3v) is 4.02. The van der Waals surface area contributed by atoms with Crippen LogP contribution in [0.15, 0.2) is 54.6 Å². The van der Waals surface area contributed by atoms with Crippen molar-refractivity contribution >= 4 is 11.6 Å². The summed E-state index contributed by atoms with van der Waals surface area (Å²) in [5.74, 6) is 0.769. The summed E-state index contributed by atoms with van der Waals surface area (Å²) in [5, 5.41) is 10.8. The number of amides is 1. The fourth-order valence-electron chi connectivity index (χ4n) is 2.81. The number of hydrogen-bond acceptors (Lipinski definition) is 4. The Balaban J connectivity index is 1.56. The lowest BCUT2D eigenvalue weighted by atomic mass is 10.1. The molecule has 1 aliphatic heterocycles. The van der Waals surface area contributed by atoms with Gasteiger partial charge >= 0.3 is 0 Å². The molecule has 3 rings (SSSR count). The third-order valence-electron chi connectivity index (χ3n) is 4.02. The molecule has 1 heterocycles. The zero-order valence-electron chi connectivity index (χ0n) is 13.1. The summed E-state index contributed by atoms with van der Waals surface area (Å²) >= 11 is 0. The fraction of sp³-hybridized carbons (Fsp3) is 0.278. The molecule has 0 aromatic heterocycles. The molecule has 1 saturated heterocycles. The lowest BCUT2D eigenvalue weighted by Crippen LogP contribution is -2.32. The SMILES string of the molecule is O=C(Cc1cccc([N+](=O)[O-])c1)N1CCC(Oc2ccccc2)C1. The van der Waals surface area contributed by atoms with E-state index >= 15 is 0 Å². The number of non-ortho nitro benzene ring substituents is 1. The van der Waals surface area contributed by atoms with Crippen molar-refractivity contribution in [3.05, 3.63) is 70.3 Å². The van der Waals surface area contributed by atoms with Crippen LogP contribution in [0.4, 0.5) is 5.69 Å². The average Bonchev–Trinajstić information content (AvgIpc) is 3.04. The number of ether oxygens (including phenoxy) is 1. The Bertz CT molecular complexity index is 733. The van der Waals surface area contributed by atoms with Crippen LogP contribution in [0.2, 0.25) is 0 Å². The summed E-state index contributed by atoms with van der Waals surface area (Å²) < 4.78 is 5.87. The summed E-state index contributed by atoms with van der Waals surface area (Å²) in [7, 11) is 0. The molecule has 1 aliphatic rings. The van der Waals surface area contributed by atoms with Crippen molar-refractivity contribution in [2.45, 2.75) is 18.9 Å². The van der Waals surface area contributed by atoms with E-state index in [1.165, 1.54) is 12.1 Å². The lowest BCUT2D eigenvalue weighted by molar-refractivity contribution is -0.384. The highest BCUT2D eigenvalue weighted by Crippen LogP contribution is 2.19.